The lowest BCUT2D eigenvalue weighted by atomic mass is 9.95. The Hall–Kier alpha value is -4.19. The Morgan fingerprint density at radius 2 is 1.84 bits per heavy atom. The fraction of sp³-hybridized carbons (Fsp3) is 0.0800. The second-order valence-electron chi connectivity index (χ2n) is 7.35. The van der Waals surface area contributed by atoms with Crippen LogP contribution < -0.4 is 0 Å². The summed E-state index contributed by atoms with van der Waals surface area (Å²) in [4.78, 5) is 31.5. The first kappa shape index (κ1) is 18.8. The van der Waals surface area contributed by atoms with E-state index in [4.69, 9.17) is 4.42 Å². The van der Waals surface area contributed by atoms with Gasteiger partial charge in [0.05, 0.1) is 24.4 Å². The normalized spacial score (nSPS) is 18.1. The van der Waals surface area contributed by atoms with Gasteiger partial charge in [-0.3, -0.25) is 14.6 Å². The molecular weight excluding hydrogens is 392 g/mol. The number of aliphatic hydroxyl groups excluding tert-OH is 1. The van der Waals surface area contributed by atoms with Crippen molar-refractivity contribution in [3.63, 3.8) is 0 Å². The lowest BCUT2D eigenvalue weighted by Gasteiger charge is -2.24. The van der Waals surface area contributed by atoms with Gasteiger partial charge in [-0.05, 0) is 40.6 Å². The summed E-state index contributed by atoms with van der Waals surface area (Å²) >= 11 is 0. The number of pyridine rings is 1. The van der Waals surface area contributed by atoms with Crippen molar-refractivity contribution in [2.75, 3.05) is 0 Å². The van der Waals surface area contributed by atoms with E-state index >= 15 is 0 Å². The minimum Gasteiger partial charge on any atom is -0.507 e. The average Bonchev–Trinajstić information content (AvgIpc) is 3.41. The zero-order chi connectivity index (χ0) is 21.4. The largest absolute Gasteiger partial charge is 0.507 e. The van der Waals surface area contributed by atoms with Crippen LogP contribution >= 0.6 is 0 Å². The van der Waals surface area contributed by atoms with E-state index in [0.717, 1.165) is 10.8 Å². The van der Waals surface area contributed by atoms with Crippen molar-refractivity contribution < 1.29 is 19.1 Å². The van der Waals surface area contributed by atoms with Crippen LogP contribution in [0.3, 0.4) is 0 Å². The summed E-state index contributed by atoms with van der Waals surface area (Å²) in [6.45, 7) is 0.103. The Kier molecular flexibility index (Phi) is 4.59. The van der Waals surface area contributed by atoms with Crippen LogP contribution in [0.15, 0.2) is 95.4 Å². The second kappa shape index (κ2) is 7.57. The van der Waals surface area contributed by atoms with Crippen LogP contribution in [0, 0.1) is 0 Å². The van der Waals surface area contributed by atoms with Crippen LogP contribution in [0.5, 0.6) is 0 Å². The zero-order valence-electron chi connectivity index (χ0n) is 16.4. The topological polar surface area (TPSA) is 83.6 Å². The SMILES string of the molecule is O=C1C(=O)N(Cc2ccco2)C(c2cccnc2)/C1=C(/O)c1ccc2ccccc2c1. The third-order valence-corrected chi connectivity index (χ3v) is 5.47. The Morgan fingerprint density at radius 1 is 1.00 bits per heavy atom. The highest BCUT2D eigenvalue weighted by atomic mass is 16.3. The summed E-state index contributed by atoms with van der Waals surface area (Å²) in [6.07, 6.45) is 4.73. The van der Waals surface area contributed by atoms with Gasteiger partial charge in [0.25, 0.3) is 11.7 Å². The van der Waals surface area contributed by atoms with E-state index in [0.29, 0.717) is 16.9 Å². The molecule has 5 rings (SSSR count). The molecule has 0 aliphatic carbocycles. The number of rotatable bonds is 4. The molecule has 0 bridgehead atoms. The van der Waals surface area contributed by atoms with Gasteiger partial charge in [-0.1, -0.05) is 42.5 Å². The number of hydrogen-bond donors (Lipinski definition) is 1. The number of carbonyl (C=O) groups is 2. The van der Waals surface area contributed by atoms with Crippen molar-refractivity contribution in [3.8, 4) is 0 Å². The highest BCUT2D eigenvalue weighted by Crippen LogP contribution is 2.40. The molecule has 4 aromatic rings. The maximum atomic E-state index is 13.0. The highest BCUT2D eigenvalue weighted by Gasteiger charge is 2.46. The van der Waals surface area contributed by atoms with Crippen molar-refractivity contribution >= 4 is 28.2 Å². The molecule has 1 fully saturated rings. The fourth-order valence-electron chi connectivity index (χ4n) is 3.99. The molecule has 3 heterocycles. The van der Waals surface area contributed by atoms with Crippen molar-refractivity contribution in [2.45, 2.75) is 12.6 Å². The maximum Gasteiger partial charge on any atom is 0.296 e. The standard InChI is InChI=1S/C25H18N2O4/c28-23(18-10-9-16-5-1-2-6-17(16)13-18)21-22(19-7-3-11-26-14-19)27(25(30)24(21)29)15-20-8-4-12-31-20/h1-14,22,28H,15H2/b23-21-. The molecule has 1 unspecified atom stereocenters. The Bertz CT molecular complexity index is 1310. The number of nitrogens with zero attached hydrogens (tertiary/aromatic N) is 2. The van der Waals surface area contributed by atoms with Crippen LogP contribution in [0.1, 0.15) is 22.9 Å². The van der Waals surface area contributed by atoms with Gasteiger partial charge in [0.1, 0.15) is 11.5 Å². The third-order valence-electron chi connectivity index (χ3n) is 5.47. The fourth-order valence-corrected chi connectivity index (χ4v) is 3.99. The third kappa shape index (κ3) is 3.28. The first-order valence-corrected chi connectivity index (χ1v) is 9.83. The van der Waals surface area contributed by atoms with Gasteiger partial charge in [-0.2, -0.15) is 0 Å². The van der Waals surface area contributed by atoms with E-state index in [1.54, 1.807) is 42.7 Å². The van der Waals surface area contributed by atoms with E-state index in [-0.39, 0.29) is 17.9 Å². The number of ketones is 1. The number of furan rings is 1. The van der Waals surface area contributed by atoms with Crippen LogP contribution in [0.2, 0.25) is 0 Å². The predicted molar refractivity (Wildman–Crippen MR) is 115 cm³/mol. The van der Waals surface area contributed by atoms with Crippen LogP contribution in [0.4, 0.5) is 0 Å². The molecule has 6 heteroatoms. The predicted octanol–water partition coefficient (Wildman–Crippen LogP) is 4.45. The highest BCUT2D eigenvalue weighted by molar-refractivity contribution is 6.46. The van der Waals surface area contributed by atoms with Gasteiger partial charge in [0, 0.05) is 18.0 Å². The summed E-state index contributed by atoms with van der Waals surface area (Å²) in [5.74, 6) is -1.08. The molecule has 6 nitrogen and oxygen atoms in total. The molecule has 2 aromatic carbocycles. The van der Waals surface area contributed by atoms with Crippen LogP contribution in [0.25, 0.3) is 16.5 Å². The minimum atomic E-state index is -0.773. The average molecular weight is 410 g/mol. The number of Topliss-reactive ketones (excluding diaryl/α,β-unsaturated/α-hetero) is 1. The number of likely N-dealkylation sites (tertiary alicyclic amines) is 1. The first-order chi connectivity index (χ1) is 15.1. The Balaban J connectivity index is 1.66. The molecule has 1 aliphatic rings. The van der Waals surface area contributed by atoms with Gasteiger partial charge in [-0.15, -0.1) is 0 Å². The van der Waals surface area contributed by atoms with Crippen molar-refractivity contribution in [2.24, 2.45) is 0 Å². The lowest BCUT2D eigenvalue weighted by Crippen LogP contribution is -2.29. The molecule has 152 valence electrons. The van der Waals surface area contributed by atoms with Crippen molar-refractivity contribution in [1.82, 2.24) is 9.88 Å². The van der Waals surface area contributed by atoms with Gasteiger partial charge >= 0.3 is 0 Å². The monoisotopic (exact) mass is 410 g/mol. The number of carbonyl (C=O) groups excluding carboxylic acids is 2. The molecule has 0 spiro atoms. The second-order valence-corrected chi connectivity index (χ2v) is 7.35. The molecule has 1 atom stereocenters. The summed E-state index contributed by atoms with van der Waals surface area (Å²) in [5, 5.41) is 13.1. The van der Waals surface area contributed by atoms with Gasteiger partial charge in [0.2, 0.25) is 0 Å². The number of amides is 1. The number of benzene rings is 2. The number of fused-ring (bicyclic) bond motifs is 1. The number of aliphatic hydroxyl groups is 1. The molecule has 1 amide bonds. The number of hydrogen-bond acceptors (Lipinski definition) is 5. The summed E-state index contributed by atoms with van der Waals surface area (Å²) in [7, 11) is 0. The number of aromatic nitrogens is 1. The van der Waals surface area contributed by atoms with Gasteiger partial charge in [-0.25, -0.2) is 0 Å². The minimum absolute atomic E-state index is 0.0415. The summed E-state index contributed by atoms with van der Waals surface area (Å²) in [5.41, 5.74) is 1.15. The molecule has 1 aliphatic heterocycles. The molecule has 2 aromatic heterocycles. The van der Waals surface area contributed by atoms with Gasteiger partial charge < -0.3 is 14.4 Å². The van der Waals surface area contributed by atoms with E-state index in [1.807, 2.05) is 36.4 Å². The molecule has 0 radical (unpaired) electrons. The van der Waals surface area contributed by atoms with E-state index in [1.165, 1.54) is 11.2 Å². The van der Waals surface area contributed by atoms with Crippen LogP contribution in [-0.2, 0) is 16.1 Å². The zero-order valence-corrected chi connectivity index (χ0v) is 16.4. The van der Waals surface area contributed by atoms with E-state index in [2.05, 4.69) is 4.98 Å². The summed E-state index contributed by atoms with van der Waals surface area (Å²) in [6, 6.07) is 19.4. The quantitative estimate of drug-likeness (QED) is 0.305. The summed E-state index contributed by atoms with van der Waals surface area (Å²) < 4.78 is 5.39. The Labute approximate surface area is 178 Å². The molecule has 1 saturated heterocycles. The maximum absolute atomic E-state index is 13.0. The smallest absolute Gasteiger partial charge is 0.296 e. The first-order valence-electron chi connectivity index (χ1n) is 9.83. The molecule has 1 N–H and O–H groups in total. The van der Waals surface area contributed by atoms with E-state index < -0.39 is 17.7 Å². The van der Waals surface area contributed by atoms with E-state index in [9.17, 15) is 14.7 Å². The lowest BCUT2D eigenvalue weighted by molar-refractivity contribution is -0.140. The molecule has 31 heavy (non-hydrogen) atoms. The van der Waals surface area contributed by atoms with Crippen molar-refractivity contribution in [1.29, 1.82) is 0 Å². The van der Waals surface area contributed by atoms with Gasteiger partial charge in [0.15, 0.2) is 0 Å². The van der Waals surface area contributed by atoms with Crippen molar-refractivity contribution in [3.05, 3.63) is 108 Å². The molecule has 0 saturated carbocycles. The Morgan fingerprint density at radius 3 is 2.58 bits per heavy atom. The molecular formula is C25H18N2O4. The van der Waals surface area contributed by atoms with Crippen LogP contribution in [-0.4, -0.2) is 26.7 Å².